The molecule has 0 unspecified atom stereocenters. The summed E-state index contributed by atoms with van der Waals surface area (Å²) in [6.07, 6.45) is 0. The number of benzene rings is 2. The first kappa shape index (κ1) is 13.9. The van der Waals surface area contributed by atoms with E-state index in [1.807, 2.05) is 19.1 Å². The molecule has 0 saturated heterocycles. The van der Waals surface area contributed by atoms with E-state index < -0.39 is 5.82 Å². The van der Waals surface area contributed by atoms with Gasteiger partial charge in [-0.2, -0.15) is 0 Å². The number of carbonyl (C=O) groups excluding carboxylic acids is 1. The third-order valence-electron chi connectivity index (χ3n) is 2.70. The number of nitrogen functional groups attached to an aromatic ring is 1. The van der Waals surface area contributed by atoms with E-state index in [0.717, 1.165) is 5.56 Å². The van der Waals surface area contributed by atoms with Gasteiger partial charge in [0.1, 0.15) is 11.6 Å². The molecule has 0 aliphatic heterocycles. The maximum Gasteiger partial charge on any atom is 0.262 e. The molecule has 1 amide bonds. The fraction of sp³-hybridized carbons (Fsp3) is 0.133. The molecule has 2 rings (SSSR count). The zero-order valence-electron chi connectivity index (χ0n) is 11.0. The molecule has 3 N–H and O–H groups in total. The van der Waals surface area contributed by atoms with Gasteiger partial charge in [0.25, 0.3) is 5.91 Å². The largest absolute Gasteiger partial charge is 0.481 e. The highest BCUT2D eigenvalue weighted by atomic mass is 19.1. The van der Waals surface area contributed by atoms with E-state index in [1.165, 1.54) is 18.2 Å². The third kappa shape index (κ3) is 3.47. The number of ether oxygens (including phenoxy) is 1. The first-order valence-corrected chi connectivity index (χ1v) is 6.09. The molecule has 0 spiro atoms. The van der Waals surface area contributed by atoms with Gasteiger partial charge in [0.2, 0.25) is 0 Å². The molecule has 0 saturated carbocycles. The van der Waals surface area contributed by atoms with Crippen molar-refractivity contribution < 1.29 is 13.9 Å². The lowest BCUT2D eigenvalue weighted by molar-refractivity contribution is -0.118. The Morgan fingerprint density at radius 1 is 1.30 bits per heavy atom. The Balaban J connectivity index is 1.96. The molecule has 0 aromatic heterocycles. The number of carbonyl (C=O) groups is 1. The molecule has 5 heteroatoms. The van der Waals surface area contributed by atoms with Crippen molar-refractivity contribution in [2.45, 2.75) is 6.92 Å². The standard InChI is InChI=1S/C15H15FN2O2/c1-10-4-2-7-13(17)15(10)20-9-14(19)18-12-6-3-5-11(16)8-12/h2-8H,9,17H2,1H3,(H,18,19). The molecule has 0 atom stereocenters. The minimum Gasteiger partial charge on any atom is -0.481 e. The van der Waals surface area contributed by atoms with E-state index in [-0.39, 0.29) is 12.5 Å². The summed E-state index contributed by atoms with van der Waals surface area (Å²) in [6.45, 7) is 1.65. The predicted octanol–water partition coefficient (Wildman–Crippen LogP) is 2.73. The first-order chi connectivity index (χ1) is 9.56. The predicted molar refractivity (Wildman–Crippen MR) is 76.1 cm³/mol. The van der Waals surface area contributed by atoms with Gasteiger partial charge in [-0.15, -0.1) is 0 Å². The average molecular weight is 274 g/mol. The Morgan fingerprint density at radius 3 is 2.75 bits per heavy atom. The SMILES string of the molecule is Cc1cccc(N)c1OCC(=O)Nc1cccc(F)c1. The summed E-state index contributed by atoms with van der Waals surface area (Å²) < 4.78 is 18.4. The summed E-state index contributed by atoms with van der Waals surface area (Å²) in [4.78, 5) is 11.7. The van der Waals surface area contributed by atoms with Crippen molar-refractivity contribution in [2.75, 3.05) is 17.7 Å². The molecule has 0 radical (unpaired) electrons. The van der Waals surface area contributed by atoms with Crippen LogP contribution in [0.2, 0.25) is 0 Å². The van der Waals surface area contributed by atoms with Gasteiger partial charge in [0.05, 0.1) is 5.69 Å². The molecular formula is C15H15FN2O2. The zero-order valence-corrected chi connectivity index (χ0v) is 11.0. The van der Waals surface area contributed by atoms with E-state index in [1.54, 1.807) is 12.1 Å². The molecule has 2 aromatic carbocycles. The minimum atomic E-state index is -0.410. The van der Waals surface area contributed by atoms with Gasteiger partial charge in [-0.25, -0.2) is 4.39 Å². The third-order valence-corrected chi connectivity index (χ3v) is 2.70. The summed E-state index contributed by atoms with van der Waals surface area (Å²) in [5.74, 6) is -0.299. The van der Waals surface area contributed by atoms with Crippen LogP contribution >= 0.6 is 0 Å². The Bertz CT molecular complexity index is 609. The Hall–Kier alpha value is -2.56. The van der Waals surface area contributed by atoms with Crippen molar-refractivity contribution in [1.82, 2.24) is 0 Å². The lowest BCUT2D eigenvalue weighted by atomic mass is 10.2. The summed E-state index contributed by atoms with van der Waals surface area (Å²) in [5.41, 5.74) is 7.49. The quantitative estimate of drug-likeness (QED) is 0.842. The maximum absolute atomic E-state index is 13.0. The number of rotatable bonds is 4. The summed E-state index contributed by atoms with van der Waals surface area (Å²) in [6, 6.07) is 11.0. The van der Waals surface area contributed by atoms with Gasteiger partial charge < -0.3 is 15.8 Å². The molecular weight excluding hydrogens is 259 g/mol. The first-order valence-electron chi connectivity index (χ1n) is 6.09. The fourth-order valence-electron chi connectivity index (χ4n) is 1.77. The number of hydrogen-bond acceptors (Lipinski definition) is 3. The van der Waals surface area contributed by atoms with Crippen molar-refractivity contribution in [2.24, 2.45) is 0 Å². The van der Waals surface area contributed by atoms with Crippen LogP contribution in [-0.2, 0) is 4.79 Å². The van der Waals surface area contributed by atoms with Crippen LogP contribution in [-0.4, -0.2) is 12.5 Å². The van der Waals surface area contributed by atoms with Crippen molar-refractivity contribution in [3.8, 4) is 5.75 Å². The van der Waals surface area contributed by atoms with E-state index in [4.69, 9.17) is 10.5 Å². The molecule has 4 nitrogen and oxygen atoms in total. The highest BCUT2D eigenvalue weighted by Crippen LogP contribution is 2.25. The van der Waals surface area contributed by atoms with Crippen LogP contribution in [0.3, 0.4) is 0 Å². The van der Waals surface area contributed by atoms with Crippen molar-refractivity contribution in [1.29, 1.82) is 0 Å². The number of anilines is 2. The minimum absolute atomic E-state index is 0.189. The van der Waals surface area contributed by atoms with Crippen LogP contribution in [0.5, 0.6) is 5.75 Å². The topological polar surface area (TPSA) is 64.3 Å². The van der Waals surface area contributed by atoms with E-state index >= 15 is 0 Å². The second-order valence-corrected chi connectivity index (χ2v) is 4.34. The van der Waals surface area contributed by atoms with Gasteiger partial charge >= 0.3 is 0 Å². The lowest BCUT2D eigenvalue weighted by Gasteiger charge is -2.11. The van der Waals surface area contributed by atoms with Crippen LogP contribution in [0.15, 0.2) is 42.5 Å². The van der Waals surface area contributed by atoms with Crippen LogP contribution in [0, 0.1) is 12.7 Å². The Morgan fingerprint density at radius 2 is 2.05 bits per heavy atom. The van der Waals surface area contributed by atoms with Crippen LogP contribution in [0.4, 0.5) is 15.8 Å². The summed E-state index contributed by atoms with van der Waals surface area (Å²) in [7, 11) is 0. The van der Waals surface area contributed by atoms with Crippen molar-refractivity contribution in [3.63, 3.8) is 0 Å². The number of halogens is 1. The molecule has 0 aliphatic carbocycles. The van der Waals surface area contributed by atoms with Gasteiger partial charge in [-0.05, 0) is 36.8 Å². The average Bonchev–Trinajstić information content (AvgIpc) is 2.38. The van der Waals surface area contributed by atoms with Crippen molar-refractivity contribution in [3.05, 3.63) is 53.8 Å². The molecule has 0 heterocycles. The number of nitrogens with two attached hydrogens (primary N) is 1. The Kier molecular flexibility index (Phi) is 4.20. The molecule has 104 valence electrons. The van der Waals surface area contributed by atoms with Gasteiger partial charge in [0.15, 0.2) is 6.61 Å². The monoisotopic (exact) mass is 274 g/mol. The molecule has 0 fully saturated rings. The maximum atomic E-state index is 13.0. The highest BCUT2D eigenvalue weighted by Gasteiger charge is 2.08. The molecule has 20 heavy (non-hydrogen) atoms. The van der Waals surface area contributed by atoms with Crippen molar-refractivity contribution >= 4 is 17.3 Å². The van der Waals surface area contributed by atoms with Gasteiger partial charge in [-0.1, -0.05) is 18.2 Å². The number of aryl methyl sites for hydroxylation is 1. The summed E-state index contributed by atoms with van der Waals surface area (Å²) in [5, 5.41) is 2.55. The van der Waals surface area contributed by atoms with E-state index in [2.05, 4.69) is 5.32 Å². The second-order valence-electron chi connectivity index (χ2n) is 4.34. The molecule has 0 aliphatic rings. The summed E-state index contributed by atoms with van der Waals surface area (Å²) >= 11 is 0. The van der Waals surface area contributed by atoms with Gasteiger partial charge in [0, 0.05) is 5.69 Å². The van der Waals surface area contributed by atoms with Crippen LogP contribution in [0.1, 0.15) is 5.56 Å². The number of amides is 1. The zero-order chi connectivity index (χ0) is 14.5. The van der Waals surface area contributed by atoms with Gasteiger partial charge in [-0.3, -0.25) is 4.79 Å². The highest BCUT2D eigenvalue weighted by molar-refractivity contribution is 5.91. The van der Waals surface area contributed by atoms with Crippen LogP contribution < -0.4 is 15.8 Å². The normalized spacial score (nSPS) is 10.1. The number of para-hydroxylation sites is 1. The van der Waals surface area contributed by atoms with E-state index in [0.29, 0.717) is 17.1 Å². The molecule has 0 bridgehead atoms. The fourth-order valence-corrected chi connectivity index (χ4v) is 1.77. The smallest absolute Gasteiger partial charge is 0.262 e. The Labute approximate surface area is 116 Å². The van der Waals surface area contributed by atoms with Crippen LogP contribution in [0.25, 0.3) is 0 Å². The van der Waals surface area contributed by atoms with E-state index in [9.17, 15) is 9.18 Å². The molecule has 2 aromatic rings. The number of nitrogens with one attached hydrogen (secondary N) is 1. The second kappa shape index (κ2) is 6.06. The number of hydrogen-bond donors (Lipinski definition) is 2. The lowest BCUT2D eigenvalue weighted by Crippen LogP contribution is -2.20.